The highest BCUT2D eigenvalue weighted by Crippen LogP contribution is 2.24. The molecule has 0 atom stereocenters. The van der Waals surface area contributed by atoms with Crippen LogP contribution in [0.2, 0.25) is 0 Å². The van der Waals surface area contributed by atoms with E-state index in [9.17, 15) is 0 Å². The first kappa shape index (κ1) is 9.37. The molecular weight excluding hydrogens is 146 g/mol. The summed E-state index contributed by atoms with van der Waals surface area (Å²) in [5.74, 6) is 0. The molecular formula is C11H19N. The van der Waals surface area contributed by atoms with E-state index in [1.54, 1.807) is 0 Å². The van der Waals surface area contributed by atoms with E-state index in [2.05, 4.69) is 51.3 Å². The van der Waals surface area contributed by atoms with Gasteiger partial charge in [-0.2, -0.15) is 0 Å². The Bertz CT molecular complexity index is 263. The number of nitrogens with zero attached hydrogens (tertiary/aromatic N) is 1. The van der Waals surface area contributed by atoms with Gasteiger partial charge in [-0.15, -0.1) is 0 Å². The molecule has 1 heterocycles. The van der Waals surface area contributed by atoms with Crippen molar-refractivity contribution in [3.63, 3.8) is 0 Å². The van der Waals surface area contributed by atoms with Gasteiger partial charge in [-0.25, -0.2) is 0 Å². The van der Waals surface area contributed by atoms with E-state index in [0.717, 1.165) is 6.54 Å². The van der Waals surface area contributed by atoms with E-state index in [1.807, 2.05) is 0 Å². The molecule has 0 aromatic carbocycles. The van der Waals surface area contributed by atoms with Gasteiger partial charge in [-0.05, 0) is 26.0 Å². The zero-order valence-electron chi connectivity index (χ0n) is 8.81. The quantitative estimate of drug-likeness (QED) is 0.602. The molecule has 0 spiro atoms. The molecule has 0 bridgehead atoms. The number of aromatic nitrogens is 1. The lowest BCUT2D eigenvalue weighted by Crippen LogP contribution is -2.17. The maximum absolute atomic E-state index is 2.38. The third-order valence-electron chi connectivity index (χ3n) is 2.28. The zero-order valence-corrected chi connectivity index (χ0v) is 8.81. The monoisotopic (exact) mass is 165 g/mol. The number of rotatable bonds is 1. The molecule has 1 aromatic heterocycles. The van der Waals surface area contributed by atoms with Crippen molar-refractivity contribution in [2.45, 2.75) is 46.6 Å². The van der Waals surface area contributed by atoms with Gasteiger partial charge in [0.05, 0.1) is 0 Å². The lowest BCUT2D eigenvalue weighted by molar-refractivity contribution is 0.521. The molecule has 12 heavy (non-hydrogen) atoms. The van der Waals surface area contributed by atoms with Crippen molar-refractivity contribution in [1.29, 1.82) is 0 Å². The molecule has 0 amide bonds. The molecule has 0 aliphatic carbocycles. The van der Waals surface area contributed by atoms with Gasteiger partial charge in [0, 0.05) is 23.3 Å². The summed E-state index contributed by atoms with van der Waals surface area (Å²) in [5, 5.41) is 0. The minimum absolute atomic E-state index is 0.268. The highest BCUT2D eigenvalue weighted by Gasteiger charge is 2.17. The second-order valence-electron chi connectivity index (χ2n) is 4.35. The van der Waals surface area contributed by atoms with Crippen LogP contribution in [0.3, 0.4) is 0 Å². The van der Waals surface area contributed by atoms with Gasteiger partial charge >= 0.3 is 0 Å². The maximum Gasteiger partial charge on any atom is 0.0231 e. The van der Waals surface area contributed by atoms with E-state index in [-0.39, 0.29) is 5.41 Å². The van der Waals surface area contributed by atoms with Gasteiger partial charge < -0.3 is 4.57 Å². The lowest BCUT2D eigenvalue weighted by atomic mass is 9.92. The van der Waals surface area contributed by atoms with Crippen molar-refractivity contribution in [2.75, 3.05) is 0 Å². The van der Waals surface area contributed by atoms with Crippen LogP contribution in [0.5, 0.6) is 0 Å². The minimum Gasteiger partial charge on any atom is -0.349 e. The molecule has 1 nitrogen and oxygen atoms in total. The van der Waals surface area contributed by atoms with Crippen molar-refractivity contribution in [3.05, 3.63) is 23.5 Å². The van der Waals surface area contributed by atoms with Crippen LogP contribution in [0.1, 0.15) is 39.1 Å². The molecule has 0 N–H and O–H groups in total. The second-order valence-corrected chi connectivity index (χ2v) is 4.35. The Labute approximate surface area is 75.4 Å². The van der Waals surface area contributed by atoms with Crippen molar-refractivity contribution >= 4 is 0 Å². The lowest BCUT2D eigenvalue weighted by Gasteiger charge is -2.21. The first-order chi connectivity index (χ1) is 5.46. The molecule has 0 aliphatic heterocycles. The van der Waals surface area contributed by atoms with Crippen molar-refractivity contribution < 1.29 is 0 Å². The average Bonchev–Trinajstić information content (AvgIpc) is 2.29. The molecule has 1 heteroatoms. The van der Waals surface area contributed by atoms with Crippen LogP contribution in [-0.4, -0.2) is 4.57 Å². The first-order valence-corrected chi connectivity index (χ1v) is 4.63. The fourth-order valence-electron chi connectivity index (χ4n) is 1.64. The molecule has 0 radical (unpaired) electrons. The Morgan fingerprint density at radius 3 is 2.17 bits per heavy atom. The summed E-state index contributed by atoms with van der Waals surface area (Å²) in [6, 6.07) is 4.43. The van der Waals surface area contributed by atoms with Crippen LogP contribution in [0.4, 0.5) is 0 Å². The number of hydrogen-bond acceptors (Lipinski definition) is 0. The zero-order chi connectivity index (χ0) is 9.35. The molecule has 0 saturated heterocycles. The highest BCUT2D eigenvalue weighted by molar-refractivity contribution is 5.21. The van der Waals surface area contributed by atoms with Crippen LogP contribution in [0, 0.1) is 6.92 Å². The molecule has 0 saturated carbocycles. The normalized spacial score (nSPS) is 12.1. The number of aryl methyl sites for hydroxylation is 1. The Morgan fingerprint density at radius 1 is 1.25 bits per heavy atom. The summed E-state index contributed by atoms with van der Waals surface area (Å²) in [6.07, 6.45) is 0. The second kappa shape index (κ2) is 2.96. The van der Waals surface area contributed by atoms with Gasteiger partial charge in [0.25, 0.3) is 0 Å². The van der Waals surface area contributed by atoms with Gasteiger partial charge in [0.2, 0.25) is 0 Å². The summed E-state index contributed by atoms with van der Waals surface area (Å²) in [5.41, 5.74) is 3.06. The fraction of sp³-hybridized carbons (Fsp3) is 0.636. The standard InChI is InChI=1S/C11H19N/c1-6-12-9(2)7-8-10(12)11(3,4)5/h7-8H,6H2,1-5H3. The molecule has 0 aliphatic rings. The van der Waals surface area contributed by atoms with Gasteiger partial charge in [-0.3, -0.25) is 0 Å². The average molecular weight is 165 g/mol. The summed E-state index contributed by atoms with van der Waals surface area (Å²) in [7, 11) is 0. The van der Waals surface area contributed by atoms with Gasteiger partial charge in [-0.1, -0.05) is 20.8 Å². The van der Waals surface area contributed by atoms with Crippen LogP contribution in [-0.2, 0) is 12.0 Å². The predicted octanol–water partition coefficient (Wildman–Crippen LogP) is 3.11. The van der Waals surface area contributed by atoms with Crippen molar-refractivity contribution in [1.82, 2.24) is 4.57 Å². The molecule has 68 valence electrons. The Morgan fingerprint density at radius 2 is 1.83 bits per heavy atom. The van der Waals surface area contributed by atoms with Crippen LogP contribution < -0.4 is 0 Å². The topological polar surface area (TPSA) is 4.93 Å². The van der Waals surface area contributed by atoms with E-state index in [4.69, 9.17) is 0 Å². The first-order valence-electron chi connectivity index (χ1n) is 4.63. The Kier molecular flexibility index (Phi) is 2.31. The van der Waals surface area contributed by atoms with Crippen LogP contribution >= 0.6 is 0 Å². The Hall–Kier alpha value is -0.720. The SMILES string of the molecule is CCn1c(C)ccc1C(C)(C)C. The van der Waals surface area contributed by atoms with E-state index >= 15 is 0 Å². The van der Waals surface area contributed by atoms with Crippen LogP contribution in [0.15, 0.2) is 12.1 Å². The molecule has 0 unspecified atom stereocenters. The predicted molar refractivity (Wildman–Crippen MR) is 53.5 cm³/mol. The van der Waals surface area contributed by atoms with E-state index in [0.29, 0.717) is 0 Å². The van der Waals surface area contributed by atoms with Crippen LogP contribution in [0.25, 0.3) is 0 Å². The van der Waals surface area contributed by atoms with E-state index < -0.39 is 0 Å². The van der Waals surface area contributed by atoms with Crippen molar-refractivity contribution in [3.8, 4) is 0 Å². The smallest absolute Gasteiger partial charge is 0.0231 e. The van der Waals surface area contributed by atoms with Crippen molar-refractivity contribution in [2.24, 2.45) is 0 Å². The summed E-state index contributed by atoms with van der Waals surface area (Å²) >= 11 is 0. The third-order valence-corrected chi connectivity index (χ3v) is 2.28. The summed E-state index contributed by atoms with van der Waals surface area (Å²) in [6.45, 7) is 12.2. The number of hydrogen-bond donors (Lipinski definition) is 0. The summed E-state index contributed by atoms with van der Waals surface area (Å²) < 4.78 is 2.38. The largest absolute Gasteiger partial charge is 0.349 e. The molecule has 1 aromatic rings. The molecule has 0 fully saturated rings. The fourth-order valence-corrected chi connectivity index (χ4v) is 1.64. The van der Waals surface area contributed by atoms with Gasteiger partial charge in [0.15, 0.2) is 0 Å². The van der Waals surface area contributed by atoms with Gasteiger partial charge in [0.1, 0.15) is 0 Å². The highest BCUT2D eigenvalue weighted by atomic mass is 15.0. The third kappa shape index (κ3) is 1.55. The Balaban J connectivity index is 3.16. The summed E-state index contributed by atoms with van der Waals surface area (Å²) in [4.78, 5) is 0. The maximum atomic E-state index is 2.38. The minimum atomic E-state index is 0.268. The molecule has 1 rings (SSSR count). The van der Waals surface area contributed by atoms with E-state index in [1.165, 1.54) is 11.4 Å².